The van der Waals surface area contributed by atoms with Gasteiger partial charge in [0, 0.05) is 11.1 Å². The molecule has 1 aromatic carbocycles. The van der Waals surface area contributed by atoms with Gasteiger partial charge in [0.1, 0.15) is 6.33 Å². The summed E-state index contributed by atoms with van der Waals surface area (Å²) in [5.74, 6) is 0.667. The van der Waals surface area contributed by atoms with Gasteiger partial charge in [0.05, 0.1) is 18.1 Å². The fourth-order valence-electron chi connectivity index (χ4n) is 2.29. The molecule has 0 radical (unpaired) electrons. The summed E-state index contributed by atoms with van der Waals surface area (Å²) in [4.78, 5) is 8.77. The predicted molar refractivity (Wildman–Crippen MR) is 78.2 cm³/mol. The first-order valence-corrected chi connectivity index (χ1v) is 6.63. The molecule has 20 heavy (non-hydrogen) atoms. The number of pyridine rings is 1. The lowest BCUT2D eigenvalue weighted by Gasteiger charge is -2.07. The maximum Gasteiger partial charge on any atom is 0.166 e. The lowest BCUT2D eigenvalue weighted by atomic mass is 10.1. The average Bonchev–Trinajstić information content (AvgIpc) is 2.87. The standard InChI is InChI=1S/C15H17N5/c1-10-7-12(13-5-3-4-6-14(13)18-10)8-20-9-17-15(19-20)11(2)16/h3-7,9,11H,8,16H2,1-2H3. The number of hydrogen-bond donors (Lipinski definition) is 1. The van der Waals surface area contributed by atoms with Crippen molar-refractivity contribution in [2.75, 3.05) is 0 Å². The Labute approximate surface area is 117 Å². The van der Waals surface area contributed by atoms with E-state index in [4.69, 9.17) is 5.73 Å². The third-order valence-electron chi connectivity index (χ3n) is 3.22. The summed E-state index contributed by atoms with van der Waals surface area (Å²) in [6, 6.07) is 10.1. The maximum atomic E-state index is 5.79. The number of nitrogens with zero attached hydrogens (tertiary/aromatic N) is 4. The minimum atomic E-state index is -0.146. The van der Waals surface area contributed by atoms with Crippen molar-refractivity contribution in [1.29, 1.82) is 0 Å². The molecule has 5 nitrogen and oxygen atoms in total. The molecule has 1 unspecified atom stereocenters. The van der Waals surface area contributed by atoms with Gasteiger partial charge in [-0.2, -0.15) is 5.10 Å². The van der Waals surface area contributed by atoms with E-state index in [-0.39, 0.29) is 6.04 Å². The van der Waals surface area contributed by atoms with Crippen molar-refractivity contribution in [2.45, 2.75) is 26.4 Å². The smallest absolute Gasteiger partial charge is 0.166 e. The highest BCUT2D eigenvalue weighted by atomic mass is 15.3. The van der Waals surface area contributed by atoms with E-state index < -0.39 is 0 Å². The molecule has 3 aromatic rings. The molecular weight excluding hydrogens is 250 g/mol. The second-order valence-electron chi connectivity index (χ2n) is 5.03. The summed E-state index contributed by atoms with van der Waals surface area (Å²) in [6.07, 6.45) is 1.73. The van der Waals surface area contributed by atoms with Gasteiger partial charge in [0.15, 0.2) is 5.82 Å². The molecule has 0 spiro atoms. The molecule has 0 aliphatic rings. The van der Waals surface area contributed by atoms with Crippen molar-refractivity contribution < 1.29 is 0 Å². The Balaban J connectivity index is 2.01. The van der Waals surface area contributed by atoms with Crippen molar-refractivity contribution >= 4 is 10.9 Å². The fraction of sp³-hybridized carbons (Fsp3) is 0.267. The second-order valence-corrected chi connectivity index (χ2v) is 5.03. The van der Waals surface area contributed by atoms with E-state index in [2.05, 4.69) is 27.2 Å². The first-order valence-electron chi connectivity index (χ1n) is 6.63. The molecule has 2 heterocycles. The molecule has 5 heteroatoms. The van der Waals surface area contributed by atoms with Crippen LogP contribution in [0.15, 0.2) is 36.7 Å². The van der Waals surface area contributed by atoms with Crippen LogP contribution in [-0.2, 0) is 6.54 Å². The Morgan fingerprint density at radius 1 is 1.30 bits per heavy atom. The van der Waals surface area contributed by atoms with Gasteiger partial charge < -0.3 is 5.73 Å². The van der Waals surface area contributed by atoms with Gasteiger partial charge in [-0.1, -0.05) is 18.2 Å². The normalized spacial score (nSPS) is 12.8. The van der Waals surface area contributed by atoms with Crippen LogP contribution in [0.5, 0.6) is 0 Å². The molecule has 1 atom stereocenters. The van der Waals surface area contributed by atoms with E-state index in [9.17, 15) is 0 Å². The number of para-hydroxylation sites is 1. The molecule has 102 valence electrons. The zero-order chi connectivity index (χ0) is 14.1. The molecular formula is C15H17N5. The van der Waals surface area contributed by atoms with Crippen LogP contribution in [0.2, 0.25) is 0 Å². The fourth-order valence-corrected chi connectivity index (χ4v) is 2.29. The Kier molecular flexibility index (Phi) is 3.20. The summed E-state index contributed by atoms with van der Waals surface area (Å²) >= 11 is 0. The summed E-state index contributed by atoms with van der Waals surface area (Å²) in [5.41, 5.74) is 8.99. The molecule has 0 fully saturated rings. The lowest BCUT2D eigenvalue weighted by Crippen LogP contribution is -2.09. The Morgan fingerprint density at radius 3 is 2.85 bits per heavy atom. The lowest BCUT2D eigenvalue weighted by molar-refractivity contribution is 0.651. The van der Waals surface area contributed by atoms with Gasteiger partial charge in [-0.3, -0.25) is 4.98 Å². The Morgan fingerprint density at radius 2 is 2.10 bits per heavy atom. The molecule has 0 amide bonds. The van der Waals surface area contributed by atoms with E-state index in [1.165, 1.54) is 5.56 Å². The van der Waals surface area contributed by atoms with E-state index >= 15 is 0 Å². The van der Waals surface area contributed by atoms with Crippen molar-refractivity contribution in [3.8, 4) is 0 Å². The van der Waals surface area contributed by atoms with Crippen LogP contribution in [0.25, 0.3) is 10.9 Å². The zero-order valence-corrected chi connectivity index (χ0v) is 11.6. The highest BCUT2D eigenvalue weighted by molar-refractivity contribution is 5.82. The Hall–Kier alpha value is -2.27. The number of nitrogens with two attached hydrogens (primary N) is 1. The minimum Gasteiger partial charge on any atom is -0.321 e. The number of aromatic nitrogens is 4. The maximum absolute atomic E-state index is 5.79. The van der Waals surface area contributed by atoms with Gasteiger partial charge in [0.25, 0.3) is 0 Å². The van der Waals surface area contributed by atoms with Crippen LogP contribution in [0.4, 0.5) is 0 Å². The molecule has 3 rings (SSSR count). The first-order chi connectivity index (χ1) is 9.63. The van der Waals surface area contributed by atoms with Crippen molar-refractivity contribution in [1.82, 2.24) is 19.7 Å². The molecule has 0 saturated heterocycles. The zero-order valence-electron chi connectivity index (χ0n) is 11.6. The summed E-state index contributed by atoms with van der Waals surface area (Å²) in [7, 11) is 0. The SMILES string of the molecule is Cc1cc(Cn2cnc(C(C)N)n2)c2ccccc2n1. The van der Waals surface area contributed by atoms with Gasteiger partial charge in [-0.05, 0) is 31.5 Å². The van der Waals surface area contributed by atoms with Crippen molar-refractivity contribution in [3.05, 3.63) is 53.7 Å². The van der Waals surface area contributed by atoms with Crippen LogP contribution in [-0.4, -0.2) is 19.7 Å². The van der Waals surface area contributed by atoms with Gasteiger partial charge in [-0.15, -0.1) is 0 Å². The third kappa shape index (κ3) is 2.40. The van der Waals surface area contributed by atoms with Crippen LogP contribution in [0.1, 0.15) is 30.0 Å². The van der Waals surface area contributed by atoms with Crippen LogP contribution < -0.4 is 5.73 Å². The summed E-state index contributed by atoms with van der Waals surface area (Å²) in [5, 5.41) is 5.55. The van der Waals surface area contributed by atoms with Gasteiger partial charge in [0.2, 0.25) is 0 Å². The van der Waals surface area contributed by atoms with E-state index in [0.717, 1.165) is 16.6 Å². The monoisotopic (exact) mass is 267 g/mol. The summed E-state index contributed by atoms with van der Waals surface area (Å²) in [6.45, 7) is 4.56. The Bertz CT molecular complexity index is 745. The van der Waals surface area contributed by atoms with E-state index in [1.54, 1.807) is 6.33 Å². The highest BCUT2D eigenvalue weighted by Gasteiger charge is 2.08. The number of fused-ring (bicyclic) bond motifs is 1. The molecule has 2 N–H and O–H groups in total. The number of aryl methyl sites for hydroxylation is 1. The predicted octanol–water partition coefficient (Wildman–Crippen LogP) is 2.20. The average molecular weight is 267 g/mol. The first kappa shape index (κ1) is 12.7. The minimum absolute atomic E-state index is 0.146. The van der Waals surface area contributed by atoms with Crippen molar-refractivity contribution in [2.24, 2.45) is 5.73 Å². The molecule has 0 saturated carbocycles. The number of rotatable bonds is 3. The largest absolute Gasteiger partial charge is 0.321 e. The van der Waals surface area contributed by atoms with Crippen LogP contribution >= 0.6 is 0 Å². The third-order valence-corrected chi connectivity index (χ3v) is 3.22. The van der Waals surface area contributed by atoms with Gasteiger partial charge >= 0.3 is 0 Å². The van der Waals surface area contributed by atoms with E-state index in [1.807, 2.05) is 36.7 Å². The molecule has 2 aromatic heterocycles. The topological polar surface area (TPSA) is 69.6 Å². The second kappa shape index (κ2) is 5.02. The quantitative estimate of drug-likeness (QED) is 0.789. The number of benzene rings is 1. The molecule has 0 aliphatic heterocycles. The number of hydrogen-bond acceptors (Lipinski definition) is 4. The molecule has 0 bridgehead atoms. The van der Waals surface area contributed by atoms with Gasteiger partial charge in [-0.25, -0.2) is 9.67 Å². The van der Waals surface area contributed by atoms with Crippen LogP contribution in [0, 0.1) is 6.92 Å². The highest BCUT2D eigenvalue weighted by Crippen LogP contribution is 2.19. The van der Waals surface area contributed by atoms with E-state index in [0.29, 0.717) is 12.4 Å². The van der Waals surface area contributed by atoms with Crippen molar-refractivity contribution in [3.63, 3.8) is 0 Å². The summed E-state index contributed by atoms with van der Waals surface area (Å²) < 4.78 is 1.82. The molecule has 0 aliphatic carbocycles. The van der Waals surface area contributed by atoms with Crippen LogP contribution in [0.3, 0.4) is 0 Å².